The van der Waals surface area contributed by atoms with Crippen LogP contribution in [-0.2, 0) is 11.2 Å². The van der Waals surface area contributed by atoms with E-state index in [1.165, 1.54) is 0 Å². The molecule has 4 rings (SSSR count). The van der Waals surface area contributed by atoms with Crippen LogP contribution >= 0.6 is 0 Å². The molecule has 2 aromatic carbocycles. The Balaban J connectivity index is 1.47. The number of nitrogens with zero attached hydrogens (tertiary/aromatic N) is 2. The number of hydrogen-bond donors (Lipinski definition) is 1. The summed E-state index contributed by atoms with van der Waals surface area (Å²) in [7, 11) is 0. The number of carbonyl (C=O) groups excluding carboxylic acids is 2. The molecule has 2 aromatic rings. The Morgan fingerprint density at radius 2 is 1.54 bits per heavy atom. The average Bonchev–Trinajstić information content (AvgIpc) is 3.20. The van der Waals surface area contributed by atoms with E-state index < -0.39 is 0 Å². The number of para-hydroxylation sites is 1. The first-order chi connectivity index (χ1) is 13.4. The summed E-state index contributed by atoms with van der Waals surface area (Å²) in [6, 6.07) is 14.0. The summed E-state index contributed by atoms with van der Waals surface area (Å²) in [5.74, 6) is 0.785. The minimum Gasteiger partial charge on any atom is -0.371 e. The molecule has 0 aromatic heterocycles. The molecular weight excluding hydrogens is 350 g/mol. The van der Waals surface area contributed by atoms with Gasteiger partial charge in [-0.3, -0.25) is 9.59 Å². The van der Waals surface area contributed by atoms with Crippen LogP contribution in [0.5, 0.6) is 0 Å². The van der Waals surface area contributed by atoms with Crippen LogP contribution < -0.4 is 10.6 Å². The summed E-state index contributed by atoms with van der Waals surface area (Å²) >= 11 is 0. The van der Waals surface area contributed by atoms with E-state index in [-0.39, 0.29) is 18.2 Å². The number of primary amides is 1. The van der Waals surface area contributed by atoms with Gasteiger partial charge in [-0.25, -0.2) is 0 Å². The van der Waals surface area contributed by atoms with Crippen LogP contribution in [-0.4, -0.2) is 42.9 Å². The Bertz CT molecular complexity index is 890. The molecular formula is C23H27N3O2. The van der Waals surface area contributed by atoms with Crippen LogP contribution in [0.4, 0.5) is 5.69 Å². The number of likely N-dealkylation sites (tertiary alicyclic amines) is 1. The fraction of sp³-hybridized carbons (Fsp3) is 0.391. The standard InChI is InChI=1S/C23H27N3O2/c1-15-6-5-7-16(2)22(15)23(28)26-13-18-11-25(12-19(18)14-26)20-9-4-3-8-17(20)10-21(24)27/h3-9,18-19H,10-14H2,1-2H3,(H2,24,27). The highest BCUT2D eigenvalue weighted by molar-refractivity contribution is 5.97. The molecule has 5 nitrogen and oxygen atoms in total. The van der Waals surface area contributed by atoms with Crippen molar-refractivity contribution in [3.8, 4) is 0 Å². The number of aryl methyl sites for hydroxylation is 2. The summed E-state index contributed by atoms with van der Waals surface area (Å²) in [6.07, 6.45) is 0.263. The fourth-order valence-electron chi connectivity index (χ4n) is 4.82. The Labute approximate surface area is 166 Å². The van der Waals surface area contributed by atoms with Gasteiger partial charge in [-0.15, -0.1) is 0 Å². The van der Waals surface area contributed by atoms with Crippen LogP contribution in [0.3, 0.4) is 0 Å². The van der Waals surface area contributed by atoms with Gasteiger partial charge < -0.3 is 15.5 Å². The summed E-state index contributed by atoms with van der Waals surface area (Å²) in [4.78, 5) is 28.9. The van der Waals surface area contributed by atoms with Crippen LogP contribution in [0.1, 0.15) is 27.0 Å². The third-order valence-corrected chi connectivity index (χ3v) is 6.17. The molecule has 5 heteroatoms. The van der Waals surface area contributed by atoms with Gasteiger partial charge in [-0.1, -0.05) is 36.4 Å². The highest BCUT2D eigenvalue weighted by Gasteiger charge is 2.42. The van der Waals surface area contributed by atoms with Crippen LogP contribution in [0.25, 0.3) is 0 Å². The zero-order valence-electron chi connectivity index (χ0n) is 16.5. The lowest BCUT2D eigenvalue weighted by molar-refractivity contribution is -0.117. The Kier molecular flexibility index (Phi) is 4.84. The highest BCUT2D eigenvalue weighted by Crippen LogP contribution is 2.36. The maximum Gasteiger partial charge on any atom is 0.254 e. The van der Waals surface area contributed by atoms with E-state index in [4.69, 9.17) is 5.73 Å². The molecule has 28 heavy (non-hydrogen) atoms. The quantitative estimate of drug-likeness (QED) is 0.890. The Morgan fingerprint density at radius 1 is 0.929 bits per heavy atom. The Hall–Kier alpha value is -2.82. The third kappa shape index (κ3) is 3.37. The van der Waals surface area contributed by atoms with Crippen molar-refractivity contribution in [2.45, 2.75) is 20.3 Å². The molecule has 146 valence electrons. The van der Waals surface area contributed by atoms with Crippen molar-refractivity contribution in [1.29, 1.82) is 0 Å². The topological polar surface area (TPSA) is 66.6 Å². The summed E-state index contributed by atoms with van der Waals surface area (Å²) < 4.78 is 0. The predicted octanol–water partition coefficient (Wildman–Crippen LogP) is 2.54. The molecule has 0 aliphatic carbocycles. The predicted molar refractivity (Wildman–Crippen MR) is 110 cm³/mol. The van der Waals surface area contributed by atoms with Gasteiger partial charge >= 0.3 is 0 Å². The van der Waals surface area contributed by atoms with Gasteiger partial charge in [0.25, 0.3) is 5.91 Å². The molecule has 2 saturated heterocycles. The van der Waals surface area contributed by atoms with E-state index in [1.54, 1.807) is 0 Å². The molecule has 2 fully saturated rings. The number of fused-ring (bicyclic) bond motifs is 1. The number of benzene rings is 2. The molecule has 2 atom stereocenters. The van der Waals surface area contributed by atoms with Gasteiger partial charge in [0.2, 0.25) is 5.91 Å². The van der Waals surface area contributed by atoms with Crippen molar-refractivity contribution in [1.82, 2.24) is 4.90 Å². The lowest BCUT2D eigenvalue weighted by Gasteiger charge is -2.25. The molecule has 2 aliphatic heterocycles. The lowest BCUT2D eigenvalue weighted by atomic mass is 10.0. The zero-order valence-corrected chi connectivity index (χ0v) is 16.5. The second-order valence-electron chi connectivity index (χ2n) is 8.17. The first-order valence-corrected chi connectivity index (χ1v) is 9.90. The smallest absolute Gasteiger partial charge is 0.254 e. The highest BCUT2D eigenvalue weighted by atomic mass is 16.2. The second-order valence-corrected chi connectivity index (χ2v) is 8.17. The third-order valence-electron chi connectivity index (χ3n) is 6.17. The maximum absolute atomic E-state index is 13.1. The van der Waals surface area contributed by atoms with E-state index in [1.807, 2.05) is 55.1 Å². The van der Waals surface area contributed by atoms with E-state index >= 15 is 0 Å². The van der Waals surface area contributed by atoms with Gasteiger partial charge in [0, 0.05) is 49.3 Å². The minimum absolute atomic E-state index is 0.158. The zero-order chi connectivity index (χ0) is 19.8. The minimum atomic E-state index is -0.308. The molecule has 2 N–H and O–H groups in total. The molecule has 0 bridgehead atoms. The monoisotopic (exact) mass is 377 g/mol. The first kappa shape index (κ1) is 18.5. The number of rotatable bonds is 4. The van der Waals surface area contributed by atoms with Crippen LogP contribution in [0.2, 0.25) is 0 Å². The normalized spacial score (nSPS) is 21.1. The van der Waals surface area contributed by atoms with E-state index in [0.717, 1.165) is 54.1 Å². The molecule has 2 unspecified atom stereocenters. The van der Waals surface area contributed by atoms with Crippen LogP contribution in [0, 0.1) is 25.7 Å². The number of carbonyl (C=O) groups is 2. The van der Waals surface area contributed by atoms with Crippen molar-refractivity contribution in [3.05, 3.63) is 64.7 Å². The van der Waals surface area contributed by atoms with Crippen molar-refractivity contribution in [3.63, 3.8) is 0 Å². The average molecular weight is 377 g/mol. The van der Waals surface area contributed by atoms with E-state index in [0.29, 0.717) is 11.8 Å². The van der Waals surface area contributed by atoms with Crippen molar-refractivity contribution in [2.75, 3.05) is 31.1 Å². The van der Waals surface area contributed by atoms with Crippen molar-refractivity contribution in [2.24, 2.45) is 17.6 Å². The number of hydrogen-bond acceptors (Lipinski definition) is 3. The van der Waals surface area contributed by atoms with Crippen molar-refractivity contribution < 1.29 is 9.59 Å². The van der Waals surface area contributed by atoms with Gasteiger partial charge in [-0.05, 0) is 36.6 Å². The molecule has 2 amide bonds. The fourth-order valence-corrected chi connectivity index (χ4v) is 4.82. The number of amides is 2. The van der Waals surface area contributed by atoms with Gasteiger partial charge in [-0.2, -0.15) is 0 Å². The molecule has 2 heterocycles. The molecule has 0 radical (unpaired) electrons. The van der Waals surface area contributed by atoms with Crippen molar-refractivity contribution >= 4 is 17.5 Å². The number of anilines is 1. The maximum atomic E-state index is 13.1. The van der Waals surface area contributed by atoms with E-state index in [2.05, 4.69) is 11.0 Å². The summed E-state index contributed by atoms with van der Waals surface area (Å²) in [5.41, 5.74) is 10.4. The van der Waals surface area contributed by atoms with Crippen LogP contribution in [0.15, 0.2) is 42.5 Å². The van der Waals surface area contributed by atoms with Gasteiger partial charge in [0.15, 0.2) is 0 Å². The van der Waals surface area contributed by atoms with Gasteiger partial charge in [0.1, 0.15) is 0 Å². The first-order valence-electron chi connectivity index (χ1n) is 9.90. The lowest BCUT2D eigenvalue weighted by Crippen LogP contribution is -2.34. The summed E-state index contributed by atoms with van der Waals surface area (Å²) in [5, 5.41) is 0. The van der Waals surface area contributed by atoms with E-state index in [9.17, 15) is 9.59 Å². The second kappa shape index (κ2) is 7.30. The largest absolute Gasteiger partial charge is 0.371 e. The molecule has 2 aliphatic rings. The summed E-state index contributed by atoms with van der Waals surface area (Å²) in [6.45, 7) is 7.44. The SMILES string of the molecule is Cc1cccc(C)c1C(=O)N1CC2CN(c3ccccc3CC(N)=O)CC2C1. The molecule has 0 saturated carbocycles. The number of nitrogens with two attached hydrogens (primary N) is 1. The Morgan fingerprint density at radius 3 is 2.14 bits per heavy atom. The molecule has 0 spiro atoms. The van der Waals surface area contributed by atoms with Gasteiger partial charge in [0.05, 0.1) is 6.42 Å².